The fourth-order valence-corrected chi connectivity index (χ4v) is 3.88. The Morgan fingerprint density at radius 3 is 2.91 bits per heavy atom. The van der Waals surface area contributed by atoms with Crippen molar-refractivity contribution in [1.82, 2.24) is 20.5 Å². The van der Waals surface area contributed by atoms with Crippen LogP contribution >= 0.6 is 11.3 Å². The molecule has 2 rings (SSSR count). The van der Waals surface area contributed by atoms with Crippen LogP contribution in [-0.2, 0) is 22.6 Å². The average Bonchev–Trinajstić information content (AvgIpc) is 2.87. The molecule has 23 heavy (non-hydrogen) atoms. The second-order valence-electron chi connectivity index (χ2n) is 6.08. The van der Waals surface area contributed by atoms with E-state index in [9.17, 15) is 9.59 Å². The van der Waals surface area contributed by atoms with E-state index in [4.69, 9.17) is 0 Å². The van der Waals surface area contributed by atoms with Crippen molar-refractivity contribution in [1.29, 1.82) is 0 Å². The highest BCUT2D eigenvalue weighted by Gasteiger charge is 2.32. The summed E-state index contributed by atoms with van der Waals surface area (Å²) in [6.07, 6.45) is 1.06. The van der Waals surface area contributed by atoms with E-state index in [1.165, 1.54) is 0 Å². The van der Waals surface area contributed by atoms with Gasteiger partial charge in [-0.2, -0.15) is 0 Å². The molecule has 0 saturated carbocycles. The van der Waals surface area contributed by atoms with Crippen LogP contribution in [0.5, 0.6) is 0 Å². The van der Waals surface area contributed by atoms with E-state index in [0.717, 1.165) is 28.5 Å². The highest BCUT2D eigenvalue weighted by atomic mass is 32.1. The van der Waals surface area contributed by atoms with Crippen molar-refractivity contribution in [3.05, 3.63) is 15.6 Å². The highest BCUT2D eigenvalue weighted by molar-refractivity contribution is 7.11. The zero-order valence-electron chi connectivity index (χ0n) is 14.3. The topological polar surface area (TPSA) is 74.3 Å². The Morgan fingerprint density at radius 2 is 2.26 bits per heavy atom. The third-order valence-electron chi connectivity index (χ3n) is 4.08. The van der Waals surface area contributed by atoms with Gasteiger partial charge in [0.2, 0.25) is 11.8 Å². The lowest BCUT2D eigenvalue weighted by Gasteiger charge is -2.37. The number of piperazine rings is 1. The Kier molecular flexibility index (Phi) is 6.12. The van der Waals surface area contributed by atoms with E-state index in [1.807, 2.05) is 6.92 Å². The first-order valence-electron chi connectivity index (χ1n) is 8.17. The Bertz CT molecular complexity index is 570. The zero-order chi connectivity index (χ0) is 17.0. The van der Waals surface area contributed by atoms with Gasteiger partial charge in [0.1, 0.15) is 0 Å². The van der Waals surface area contributed by atoms with Crippen molar-refractivity contribution in [2.45, 2.75) is 59.2 Å². The molecule has 0 aliphatic carbocycles. The first-order chi connectivity index (χ1) is 10.9. The molecule has 0 bridgehead atoms. The van der Waals surface area contributed by atoms with Crippen LogP contribution in [-0.4, -0.2) is 46.9 Å². The Balaban J connectivity index is 1.93. The van der Waals surface area contributed by atoms with Crippen molar-refractivity contribution >= 4 is 23.2 Å². The minimum atomic E-state index is -0.377. The molecule has 0 spiro atoms. The number of carbonyl (C=O) groups excluding carboxylic acids is 2. The molecule has 0 radical (unpaired) electrons. The van der Waals surface area contributed by atoms with Gasteiger partial charge in [-0.05, 0) is 27.2 Å². The summed E-state index contributed by atoms with van der Waals surface area (Å²) in [4.78, 5) is 32.0. The summed E-state index contributed by atoms with van der Waals surface area (Å²) in [5.74, 6) is -0.145. The molecule has 1 aliphatic heterocycles. The third-order valence-corrected chi connectivity index (χ3v) is 5.09. The van der Waals surface area contributed by atoms with Crippen LogP contribution in [0.25, 0.3) is 0 Å². The minimum absolute atomic E-state index is 0.0528. The van der Waals surface area contributed by atoms with Crippen LogP contribution in [0.4, 0.5) is 0 Å². The number of aryl methyl sites for hydroxylation is 2. The van der Waals surface area contributed by atoms with E-state index >= 15 is 0 Å². The van der Waals surface area contributed by atoms with E-state index in [2.05, 4.69) is 41.3 Å². The summed E-state index contributed by atoms with van der Waals surface area (Å²) in [5, 5.41) is 6.81. The fraction of sp³-hybridized carbons (Fsp3) is 0.688. The monoisotopic (exact) mass is 338 g/mol. The quantitative estimate of drug-likeness (QED) is 0.818. The summed E-state index contributed by atoms with van der Waals surface area (Å²) >= 11 is 1.62. The van der Waals surface area contributed by atoms with Crippen molar-refractivity contribution in [3.8, 4) is 0 Å². The van der Waals surface area contributed by atoms with Gasteiger partial charge in [-0.25, -0.2) is 4.98 Å². The molecular formula is C16H26N4O2S. The van der Waals surface area contributed by atoms with Crippen LogP contribution in [0.2, 0.25) is 0 Å². The van der Waals surface area contributed by atoms with Gasteiger partial charge in [-0.15, -0.1) is 11.3 Å². The van der Waals surface area contributed by atoms with Gasteiger partial charge in [0.15, 0.2) is 0 Å². The lowest BCUT2D eigenvalue weighted by Crippen LogP contribution is -2.58. The van der Waals surface area contributed by atoms with Crippen LogP contribution < -0.4 is 10.6 Å². The number of nitrogens with one attached hydrogen (secondary N) is 2. The van der Waals surface area contributed by atoms with E-state index < -0.39 is 0 Å². The molecule has 6 nitrogen and oxygen atoms in total. The molecule has 1 aliphatic rings. The molecule has 0 aromatic carbocycles. The van der Waals surface area contributed by atoms with Gasteiger partial charge < -0.3 is 10.6 Å². The van der Waals surface area contributed by atoms with Crippen LogP contribution in [0, 0.1) is 6.92 Å². The summed E-state index contributed by atoms with van der Waals surface area (Å²) in [6.45, 7) is 10.1. The highest BCUT2D eigenvalue weighted by Crippen LogP contribution is 2.18. The number of rotatable bonds is 6. The van der Waals surface area contributed by atoms with E-state index in [0.29, 0.717) is 13.1 Å². The number of carbonyl (C=O) groups is 2. The molecule has 2 heterocycles. The maximum atomic E-state index is 12.3. The predicted molar refractivity (Wildman–Crippen MR) is 91.3 cm³/mol. The van der Waals surface area contributed by atoms with Crippen LogP contribution in [0.3, 0.4) is 0 Å². The van der Waals surface area contributed by atoms with Crippen molar-refractivity contribution < 1.29 is 9.59 Å². The van der Waals surface area contributed by atoms with Gasteiger partial charge in [-0.1, -0.05) is 6.92 Å². The number of aromatic nitrogens is 1. The molecule has 2 N–H and O–H groups in total. The normalized spacial score (nSPS) is 19.0. The number of hydrogen-bond acceptors (Lipinski definition) is 5. The number of nitrogens with zero attached hydrogens (tertiary/aromatic N) is 2. The Labute approximate surface area is 141 Å². The lowest BCUT2D eigenvalue weighted by atomic mass is 10.1. The summed E-state index contributed by atoms with van der Waals surface area (Å²) < 4.78 is 0. The maximum absolute atomic E-state index is 12.3. The molecule has 7 heteroatoms. The largest absolute Gasteiger partial charge is 0.353 e. The smallest absolute Gasteiger partial charge is 0.237 e. The van der Waals surface area contributed by atoms with Gasteiger partial charge in [0, 0.05) is 24.0 Å². The summed E-state index contributed by atoms with van der Waals surface area (Å²) in [7, 11) is 0. The van der Waals surface area contributed by atoms with Gasteiger partial charge in [-0.3, -0.25) is 14.5 Å². The summed E-state index contributed by atoms with van der Waals surface area (Å²) in [5.41, 5.74) is 1.05. The maximum Gasteiger partial charge on any atom is 0.237 e. The second-order valence-corrected chi connectivity index (χ2v) is 7.36. The van der Waals surface area contributed by atoms with Crippen LogP contribution in [0.15, 0.2) is 0 Å². The number of hydrogen-bond donors (Lipinski definition) is 2. The molecule has 128 valence electrons. The number of amides is 2. The Hall–Kier alpha value is -1.47. The molecular weight excluding hydrogens is 312 g/mol. The van der Waals surface area contributed by atoms with Crippen molar-refractivity contribution in [3.63, 3.8) is 0 Å². The Morgan fingerprint density at radius 1 is 1.52 bits per heavy atom. The predicted octanol–water partition coefficient (Wildman–Crippen LogP) is 1.23. The van der Waals surface area contributed by atoms with Crippen LogP contribution in [0.1, 0.15) is 42.8 Å². The molecule has 1 saturated heterocycles. The van der Waals surface area contributed by atoms with Crippen molar-refractivity contribution in [2.75, 3.05) is 13.1 Å². The fourth-order valence-electron chi connectivity index (χ4n) is 2.91. The SMILES string of the molecule is CCc1nc(C)sc1CNC(=O)C[C@@H]1C(=O)NCCN1C(C)C. The molecule has 1 aromatic heterocycles. The van der Waals surface area contributed by atoms with Gasteiger partial charge >= 0.3 is 0 Å². The van der Waals surface area contributed by atoms with Crippen molar-refractivity contribution in [2.24, 2.45) is 0 Å². The zero-order valence-corrected chi connectivity index (χ0v) is 15.1. The lowest BCUT2D eigenvalue weighted by molar-refractivity contribution is -0.134. The molecule has 2 amide bonds. The summed E-state index contributed by atoms with van der Waals surface area (Å²) in [6, 6.07) is -0.132. The molecule has 1 aromatic rings. The second kappa shape index (κ2) is 7.88. The average molecular weight is 338 g/mol. The first kappa shape index (κ1) is 17.9. The molecule has 1 fully saturated rings. The van der Waals surface area contributed by atoms with E-state index in [1.54, 1.807) is 11.3 Å². The third kappa shape index (κ3) is 4.51. The minimum Gasteiger partial charge on any atom is -0.353 e. The standard InChI is InChI=1S/C16H26N4O2S/c1-5-12-14(23-11(4)19-12)9-18-15(21)8-13-16(22)17-6-7-20(13)10(2)3/h10,13H,5-9H2,1-4H3,(H,17,22)(H,18,21)/t13-/m1/s1. The van der Waals surface area contributed by atoms with E-state index in [-0.39, 0.29) is 30.3 Å². The number of thiazole rings is 1. The first-order valence-corrected chi connectivity index (χ1v) is 8.99. The molecule has 1 atom stereocenters. The van der Waals surface area contributed by atoms with Gasteiger partial charge in [0.25, 0.3) is 0 Å². The van der Waals surface area contributed by atoms with Gasteiger partial charge in [0.05, 0.1) is 29.7 Å². The molecule has 0 unspecified atom stereocenters.